The van der Waals surface area contributed by atoms with Crippen molar-refractivity contribution in [2.45, 2.75) is 25.0 Å². The molecule has 0 fully saturated rings. The van der Waals surface area contributed by atoms with Gasteiger partial charge in [0.1, 0.15) is 10.7 Å². The number of fused-ring (bicyclic) bond motifs is 3. The second-order valence-electron chi connectivity index (χ2n) is 4.44. The van der Waals surface area contributed by atoms with E-state index >= 15 is 0 Å². The highest BCUT2D eigenvalue weighted by Crippen LogP contribution is 2.34. The summed E-state index contributed by atoms with van der Waals surface area (Å²) in [6.45, 7) is 0. The molecule has 0 saturated carbocycles. The lowest BCUT2D eigenvalue weighted by Gasteiger charge is -2.00. The molecule has 0 saturated heterocycles. The maximum Gasteiger partial charge on any atom is 0.313 e. The highest BCUT2D eigenvalue weighted by Gasteiger charge is 2.20. The topological polar surface area (TPSA) is 83.0 Å². The van der Waals surface area contributed by atoms with E-state index in [0.29, 0.717) is 11.6 Å². The maximum atomic E-state index is 12.1. The van der Waals surface area contributed by atoms with Gasteiger partial charge in [-0.05, 0) is 24.8 Å². The molecule has 0 radical (unpaired) electrons. The largest absolute Gasteiger partial charge is 0.481 e. The normalized spacial score (nSPS) is 13.9. The summed E-state index contributed by atoms with van der Waals surface area (Å²) >= 11 is 2.83. The Labute approximate surface area is 117 Å². The zero-order valence-corrected chi connectivity index (χ0v) is 11.7. The van der Waals surface area contributed by atoms with Gasteiger partial charge in [0.2, 0.25) is 0 Å². The van der Waals surface area contributed by atoms with E-state index < -0.39 is 5.97 Å². The predicted molar refractivity (Wildman–Crippen MR) is 76.1 cm³/mol. The lowest BCUT2D eigenvalue weighted by atomic mass is 10.2. The molecule has 1 aliphatic rings. The molecule has 0 atom stereocenters. The van der Waals surface area contributed by atoms with Crippen molar-refractivity contribution in [1.29, 1.82) is 0 Å². The second kappa shape index (κ2) is 4.97. The summed E-state index contributed by atoms with van der Waals surface area (Å²) in [7, 11) is 0. The third-order valence-corrected chi connectivity index (χ3v) is 5.20. The first kappa shape index (κ1) is 12.7. The Kier molecular flexibility index (Phi) is 3.32. The molecular weight excluding hydrogens is 284 g/mol. The zero-order valence-electron chi connectivity index (χ0n) is 10.1. The summed E-state index contributed by atoms with van der Waals surface area (Å²) in [5.41, 5.74) is 1.08. The average Bonchev–Trinajstić information content (AvgIpc) is 2.87. The van der Waals surface area contributed by atoms with Crippen LogP contribution in [0.2, 0.25) is 0 Å². The number of aryl methyl sites for hydroxylation is 2. The number of aliphatic carboxylic acids is 1. The summed E-state index contributed by atoms with van der Waals surface area (Å²) in [6.07, 6.45) is 3.12. The standard InChI is InChI=1S/C12H12N2O3S2/c15-9(16)5-18-4-8-13-11(17)10-6-2-1-3-7(6)19-12(10)14-8/h1-5H2,(H,15,16)(H,13,14,17). The minimum Gasteiger partial charge on any atom is -0.481 e. The molecule has 3 rings (SSSR count). The first-order valence-corrected chi connectivity index (χ1v) is 7.95. The summed E-state index contributed by atoms with van der Waals surface area (Å²) in [4.78, 5) is 31.8. The van der Waals surface area contributed by atoms with Crippen molar-refractivity contribution in [3.05, 3.63) is 26.6 Å². The van der Waals surface area contributed by atoms with Gasteiger partial charge in [-0.3, -0.25) is 9.59 Å². The van der Waals surface area contributed by atoms with Gasteiger partial charge in [-0.15, -0.1) is 23.1 Å². The van der Waals surface area contributed by atoms with E-state index in [1.165, 1.54) is 22.2 Å². The molecular formula is C12H12N2O3S2. The number of carbonyl (C=O) groups is 1. The van der Waals surface area contributed by atoms with Gasteiger partial charge < -0.3 is 10.1 Å². The monoisotopic (exact) mass is 296 g/mol. The van der Waals surface area contributed by atoms with E-state index in [0.717, 1.165) is 29.5 Å². The van der Waals surface area contributed by atoms with E-state index in [-0.39, 0.29) is 11.3 Å². The van der Waals surface area contributed by atoms with Gasteiger partial charge in [0, 0.05) is 4.88 Å². The van der Waals surface area contributed by atoms with Crippen molar-refractivity contribution < 1.29 is 9.90 Å². The minimum absolute atomic E-state index is 0.0166. The molecule has 0 bridgehead atoms. The molecule has 1 aliphatic carbocycles. The molecule has 7 heteroatoms. The van der Waals surface area contributed by atoms with Crippen LogP contribution in [0, 0.1) is 0 Å². The second-order valence-corrected chi connectivity index (χ2v) is 6.51. The van der Waals surface area contributed by atoms with E-state index in [2.05, 4.69) is 9.97 Å². The molecule has 0 aromatic carbocycles. The molecule has 2 N–H and O–H groups in total. The van der Waals surface area contributed by atoms with E-state index in [9.17, 15) is 9.59 Å². The van der Waals surface area contributed by atoms with E-state index in [1.807, 2.05) is 0 Å². The van der Waals surface area contributed by atoms with Crippen LogP contribution in [0.1, 0.15) is 22.7 Å². The van der Waals surface area contributed by atoms with Crippen LogP contribution in [-0.4, -0.2) is 26.8 Å². The third-order valence-electron chi connectivity index (χ3n) is 3.09. The fraction of sp³-hybridized carbons (Fsp3) is 0.417. The Balaban J connectivity index is 1.92. The maximum absolute atomic E-state index is 12.1. The van der Waals surface area contributed by atoms with Crippen molar-refractivity contribution in [1.82, 2.24) is 9.97 Å². The summed E-state index contributed by atoms with van der Waals surface area (Å²) in [5.74, 6) is 0.134. The number of aromatic nitrogens is 2. The number of thiophene rings is 1. The number of hydrogen-bond acceptors (Lipinski definition) is 5. The van der Waals surface area contributed by atoms with Crippen molar-refractivity contribution in [2.75, 3.05) is 5.75 Å². The number of aromatic amines is 1. The van der Waals surface area contributed by atoms with Crippen molar-refractivity contribution in [2.24, 2.45) is 0 Å². The van der Waals surface area contributed by atoms with Gasteiger partial charge in [-0.2, -0.15) is 0 Å². The Bertz CT molecular complexity index is 705. The molecule has 0 aliphatic heterocycles. The molecule has 2 aromatic heterocycles. The number of carboxylic acids is 1. The highest BCUT2D eigenvalue weighted by atomic mass is 32.2. The van der Waals surface area contributed by atoms with Crippen molar-refractivity contribution >= 4 is 39.3 Å². The number of H-pyrrole nitrogens is 1. The number of thioether (sulfide) groups is 1. The molecule has 2 heterocycles. The van der Waals surface area contributed by atoms with Crippen LogP contribution < -0.4 is 5.56 Å². The fourth-order valence-corrected chi connectivity index (χ4v) is 4.24. The summed E-state index contributed by atoms with van der Waals surface area (Å²) in [5, 5.41) is 9.33. The van der Waals surface area contributed by atoms with Crippen LogP contribution in [0.15, 0.2) is 4.79 Å². The minimum atomic E-state index is -0.858. The molecule has 19 heavy (non-hydrogen) atoms. The Hall–Kier alpha value is -1.34. The van der Waals surface area contributed by atoms with Crippen molar-refractivity contribution in [3.63, 3.8) is 0 Å². The lowest BCUT2D eigenvalue weighted by molar-refractivity contribution is -0.133. The summed E-state index contributed by atoms with van der Waals surface area (Å²) in [6, 6.07) is 0. The van der Waals surface area contributed by atoms with E-state index in [4.69, 9.17) is 5.11 Å². The number of nitrogens with zero attached hydrogens (tertiary/aromatic N) is 1. The van der Waals surface area contributed by atoms with Crippen LogP contribution >= 0.6 is 23.1 Å². The molecule has 5 nitrogen and oxygen atoms in total. The van der Waals surface area contributed by atoms with Gasteiger partial charge in [0.15, 0.2) is 0 Å². The van der Waals surface area contributed by atoms with Crippen LogP contribution in [0.3, 0.4) is 0 Å². The average molecular weight is 296 g/mol. The number of nitrogens with one attached hydrogen (secondary N) is 1. The Morgan fingerprint density at radius 2 is 2.32 bits per heavy atom. The summed E-state index contributed by atoms with van der Waals surface area (Å²) < 4.78 is 0. The van der Waals surface area contributed by atoms with Crippen LogP contribution in [0.5, 0.6) is 0 Å². The van der Waals surface area contributed by atoms with Crippen LogP contribution in [0.4, 0.5) is 0 Å². The quantitative estimate of drug-likeness (QED) is 0.898. The van der Waals surface area contributed by atoms with E-state index in [1.54, 1.807) is 11.3 Å². The zero-order chi connectivity index (χ0) is 13.4. The highest BCUT2D eigenvalue weighted by molar-refractivity contribution is 7.99. The van der Waals surface area contributed by atoms with Crippen molar-refractivity contribution in [3.8, 4) is 0 Å². The first-order valence-electron chi connectivity index (χ1n) is 5.98. The molecule has 2 aromatic rings. The van der Waals surface area contributed by atoms with Gasteiger partial charge in [0.05, 0.1) is 16.9 Å². The SMILES string of the molecule is O=C(O)CSCc1nc2sc3c(c2c(=O)[nH]1)CCC3. The molecule has 100 valence electrons. The first-order chi connectivity index (χ1) is 9.15. The predicted octanol–water partition coefficient (Wildman–Crippen LogP) is 1.79. The number of hydrogen-bond donors (Lipinski definition) is 2. The van der Waals surface area contributed by atoms with Gasteiger partial charge in [-0.25, -0.2) is 4.98 Å². The third kappa shape index (κ3) is 2.40. The molecule has 0 unspecified atom stereocenters. The van der Waals surface area contributed by atoms with Crippen LogP contribution in [0.25, 0.3) is 10.2 Å². The van der Waals surface area contributed by atoms with Gasteiger partial charge in [-0.1, -0.05) is 0 Å². The van der Waals surface area contributed by atoms with Gasteiger partial charge in [0.25, 0.3) is 5.56 Å². The smallest absolute Gasteiger partial charge is 0.313 e. The lowest BCUT2D eigenvalue weighted by Crippen LogP contribution is -2.11. The van der Waals surface area contributed by atoms with Crippen LogP contribution in [-0.2, 0) is 23.4 Å². The fourth-order valence-electron chi connectivity index (χ4n) is 2.35. The Morgan fingerprint density at radius 3 is 3.11 bits per heavy atom. The van der Waals surface area contributed by atoms with Gasteiger partial charge >= 0.3 is 5.97 Å². The molecule has 0 amide bonds. The number of carboxylic acid groups (broad SMARTS) is 1. The number of rotatable bonds is 4. The molecule has 0 spiro atoms. The Morgan fingerprint density at radius 1 is 1.47 bits per heavy atom.